The molecule has 1 amide bonds. The van der Waals surface area contributed by atoms with E-state index in [9.17, 15) is 4.79 Å². The molecular formula is C20H24N2O3S. The predicted molar refractivity (Wildman–Crippen MR) is 106 cm³/mol. The van der Waals surface area contributed by atoms with Crippen LogP contribution in [0.5, 0.6) is 11.5 Å². The van der Waals surface area contributed by atoms with Crippen LogP contribution >= 0.6 is 11.8 Å². The summed E-state index contributed by atoms with van der Waals surface area (Å²) in [6, 6.07) is 15.4. The van der Waals surface area contributed by atoms with Crippen molar-refractivity contribution in [2.45, 2.75) is 30.4 Å². The van der Waals surface area contributed by atoms with Crippen LogP contribution in [0.2, 0.25) is 0 Å². The lowest BCUT2D eigenvalue weighted by atomic mass is 10.1. The summed E-state index contributed by atoms with van der Waals surface area (Å²) in [6.07, 6.45) is 0.677. The molecule has 2 aromatic carbocycles. The molecule has 0 heterocycles. The molecule has 0 aliphatic carbocycles. The smallest absolute Gasteiger partial charge is 0.253 e. The second-order valence-electron chi connectivity index (χ2n) is 5.53. The molecule has 0 aliphatic rings. The minimum atomic E-state index is -0.246. The van der Waals surface area contributed by atoms with Gasteiger partial charge in [0.15, 0.2) is 11.5 Å². The molecule has 0 unspecified atom stereocenters. The van der Waals surface area contributed by atoms with Crippen LogP contribution in [-0.2, 0) is 4.79 Å². The Balaban J connectivity index is 2.07. The molecule has 0 aromatic heterocycles. The van der Waals surface area contributed by atoms with Crippen LogP contribution in [0.3, 0.4) is 0 Å². The lowest BCUT2D eigenvalue weighted by Gasteiger charge is -2.12. The highest BCUT2D eigenvalue weighted by Crippen LogP contribution is 2.28. The van der Waals surface area contributed by atoms with E-state index in [-0.39, 0.29) is 11.2 Å². The Morgan fingerprint density at radius 2 is 1.81 bits per heavy atom. The monoisotopic (exact) mass is 372 g/mol. The molecule has 2 aromatic rings. The number of ether oxygens (including phenoxy) is 2. The Morgan fingerprint density at radius 1 is 1.12 bits per heavy atom. The molecule has 6 heteroatoms. The average molecular weight is 372 g/mol. The van der Waals surface area contributed by atoms with Crippen molar-refractivity contribution >= 4 is 23.4 Å². The van der Waals surface area contributed by atoms with Crippen molar-refractivity contribution in [3.05, 3.63) is 54.1 Å². The summed E-state index contributed by atoms with van der Waals surface area (Å²) in [5, 5.41) is 4.07. The Morgan fingerprint density at radius 3 is 2.42 bits per heavy atom. The zero-order valence-electron chi connectivity index (χ0n) is 15.5. The van der Waals surface area contributed by atoms with E-state index in [0.717, 1.165) is 16.2 Å². The lowest BCUT2D eigenvalue weighted by Crippen LogP contribution is -2.28. The molecule has 0 saturated carbocycles. The fraction of sp³-hybridized carbons (Fsp3) is 0.300. The van der Waals surface area contributed by atoms with Crippen LogP contribution in [0.4, 0.5) is 0 Å². The minimum absolute atomic E-state index is 0.134. The quantitative estimate of drug-likeness (QED) is 0.430. The Kier molecular flexibility index (Phi) is 7.53. The number of nitrogens with zero attached hydrogens (tertiary/aromatic N) is 1. The van der Waals surface area contributed by atoms with Gasteiger partial charge in [-0.05, 0) is 43.7 Å². The third-order valence-corrected chi connectivity index (χ3v) is 4.89. The van der Waals surface area contributed by atoms with Gasteiger partial charge in [-0.1, -0.05) is 25.1 Å². The maximum Gasteiger partial charge on any atom is 0.253 e. The lowest BCUT2D eigenvalue weighted by molar-refractivity contribution is -0.120. The van der Waals surface area contributed by atoms with E-state index in [2.05, 4.69) is 10.5 Å². The standard InChI is InChI=1S/C20H24N2O3S/c1-5-17(15-11-12-18(24-3)19(13-15)25-4)21-22-20(23)14(2)26-16-9-7-6-8-10-16/h6-14H,5H2,1-4H3,(H,22,23)/b21-17-/t14-/m0/s1. The van der Waals surface area contributed by atoms with E-state index in [1.807, 2.05) is 62.4 Å². The number of methoxy groups -OCH3 is 2. The van der Waals surface area contributed by atoms with Crippen LogP contribution in [0, 0.1) is 0 Å². The number of carbonyl (C=O) groups excluding carboxylic acids is 1. The largest absolute Gasteiger partial charge is 0.493 e. The third-order valence-electron chi connectivity index (χ3n) is 3.78. The SMILES string of the molecule is CC/C(=N/NC(=O)[C@H](C)Sc1ccccc1)c1ccc(OC)c(OC)c1. The highest BCUT2D eigenvalue weighted by molar-refractivity contribution is 8.00. The summed E-state index contributed by atoms with van der Waals surface area (Å²) in [6.45, 7) is 3.86. The van der Waals surface area contributed by atoms with Crippen LogP contribution in [0.15, 0.2) is 58.5 Å². The van der Waals surface area contributed by atoms with Gasteiger partial charge >= 0.3 is 0 Å². The summed E-state index contributed by atoms with van der Waals surface area (Å²) >= 11 is 1.50. The number of carbonyl (C=O) groups is 1. The second kappa shape index (κ2) is 9.87. The molecule has 1 N–H and O–H groups in total. The number of rotatable bonds is 8. The number of amides is 1. The summed E-state index contributed by atoms with van der Waals surface area (Å²) in [5.41, 5.74) is 4.33. The highest BCUT2D eigenvalue weighted by Gasteiger charge is 2.14. The number of benzene rings is 2. The van der Waals surface area contributed by atoms with Crippen molar-refractivity contribution < 1.29 is 14.3 Å². The molecular weight excluding hydrogens is 348 g/mol. The summed E-state index contributed by atoms with van der Waals surface area (Å²) in [7, 11) is 3.19. The van der Waals surface area contributed by atoms with Gasteiger partial charge in [-0.3, -0.25) is 4.79 Å². The van der Waals surface area contributed by atoms with Crippen molar-refractivity contribution in [2.24, 2.45) is 5.10 Å². The Bertz CT molecular complexity index is 763. The highest BCUT2D eigenvalue weighted by atomic mass is 32.2. The van der Waals surface area contributed by atoms with E-state index in [1.54, 1.807) is 14.2 Å². The summed E-state index contributed by atoms with van der Waals surface area (Å²) < 4.78 is 10.6. The maximum atomic E-state index is 12.3. The van der Waals surface area contributed by atoms with Gasteiger partial charge in [0.1, 0.15) is 0 Å². The van der Waals surface area contributed by atoms with Crippen LogP contribution in [-0.4, -0.2) is 31.1 Å². The molecule has 1 atom stereocenters. The first-order chi connectivity index (χ1) is 12.6. The molecule has 0 bridgehead atoms. The van der Waals surface area contributed by atoms with Gasteiger partial charge in [-0.2, -0.15) is 5.10 Å². The molecule has 2 rings (SSSR count). The van der Waals surface area contributed by atoms with Crippen LogP contribution < -0.4 is 14.9 Å². The number of thioether (sulfide) groups is 1. The predicted octanol–water partition coefficient (Wildman–Crippen LogP) is 4.11. The van der Waals surface area contributed by atoms with Crippen molar-refractivity contribution in [1.29, 1.82) is 0 Å². The molecule has 0 radical (unpaired) electrons. The molecule has 138 valence electrons. The van der Waals surface area contributed by atoms with E-state index in [4.69, 9.17) is 9.47 Å². The van der Waals surface area contributed by atoms with E-state index in [0.29, 0.717) is 17.9 Å². The van der Waals surface area contributed by atoms with Crippen molar-refractivity contribution in [3.63, 3.8) is 0 Å². The first-order valence-corrected chi connectivity index (χ1v) is 9.27. The van der Waals surface area contributed by atoms with Crippen molar-refractivity contribution in [3.8, 4) is 11.5 Å². The molecule has 5 nitrogen and oxygen atoms in total. The molecule has 26 heavy (non-hydrogen) atoms. The van der Waals surface area contributed by atoms with Gasteiger partial charge < -0.3 is 9.47 Å². The number of hydrazone groups is 1. The first-order valence-electron chi connectivity index (χ1n) is 8.39. The zero-order chi connectivity index (χ0) is 18.9. The van der Waals surface area contributed by atoms with Gasteiger partial charge in [0.05, 0.1) is 25.2 Å². The average Bonchev–Trinajstić information content (AvgIpc) is 2.68. The molecule has 0 saturated heterocycles. The number of nitrogens with one attached hydrogen (secondary N) is 1. The van der Waals surface area contributed by atoms with Crippen LogP contribution in [0.25, 0.3) is 0 Å². The third kappa shape index (κ3) is 5.26. The first kappa shape index (κ1) is 19.8. The van der Waals surface area contributed by atoms with E-state index < -0.39 is 0 Å². The van der Waals surface area contributed by atoms with E-state index in [1.165, 1.54) is 11.8 Å². The fourth-order valence-corrected chi connectivity index (χ4v) is 3.22. The number of hydrogen-bond donors (Lipinski definition) is 1. The second-order valence-corrected chi connectivity index (χ2v) is 6.95. The van der Waals surface area contributed by atoms with Gasteiger partial charge in [-0.15, -0.1) is 11.8 Å². The number of hydrogen-bond acceptors (Lipinski definition) is 5. The summed E-state index contributed by atoms with van der Waals surface area (Å²) in [4.78, 5) is 13.4. The maximum absolute atomic E-state index is 12.3. The molecule has 0 spiro atoms. The summed E-state index contributed by atoms with van der Waals surface area (Å²) in [5.74, 6) is 1.15. The van der Waals surface area contributed by atoms with Gasteiger partial charge in [-0.25, -0.2) is 5.43 Å². The van der Waals surface area contributed by atoms with Gasteiger partial charge in [0.2, 0.25) is 0 Å². The topological polar surface area (TPSA) is 59.9 Å². The molecule has 0 fully saturated rings. The van der Waals surface area contributed by atoms with Crippen molar-refractivity contribution in [1.82, 2.24) is 5.43 Å². The molecule has 0 aliphatic heterocycles. The van der Waals surface area contributed by atoms with Crippen molar-refractivity contribution in [2.75, 3.05) is 14.2 Å². The fourth-order valence-electron chi connectivity index (χ4n) is 2.33. The minimum Gasteiger partial charge on any atom is -0.493 e. The van der Waals surface area contributed by atoms with Gasteiger partial charge in [0, 0.05) is 10.5 Å². The Labute approximate surface area is 158 Å². The normalized spacial score (nSPS) is 12.4. The van der Waals surface area contributed by atoms with E-state index >= 15 is 0 Å². The van der Waals surface area contributed by atoms with Crippen LogP contribution in [0.1, 0.15) is 25.8 Å². The zero-order valence-corrected chi connectivity index (χ0v) is 16.3. The van der Waals surface area contributed by atoms with Gasteiger partial charge in [0.25, 0.3) is 5.91 Å². The Hall–Kier alpha value is -2.47.